The molecule has 0 aliphatic carbocycles. The minimum Gasteiger partial charge on any atom is -0.497 e. The number of rotatable bonds is 9. The molecule has 2 aromatic carbocycles. The zero-order chi connectivity index (χ0) is 24.1. The maximum absolute atomic E-state index is 12.8. The Morgan fingerprint density at radius 1 is 1.09 bits per heavy atom. The van der Waals surface area contributed by atoms with Crippen LogP contribution in [-0.2, 0) is 14.8 Å². The van der Waals surface area contributed by atoms with Crippen LogP contribution in [0.1, 0.15) is 24.0 Å². The molecular weight excluding hydrogens is 452 g/mol. The molecule has 1 fully saturated rings. The molecule has 1 saturated heterocycles. The van der Waals surface area contributed by atoms with Gasteiger partial charge in [0.05, 0.1) is 19.4 Å². The Morgan fingerprint density at radius 3 is 2.47 bits per heavy atom. The molecular formula is C25H32N4O4S. The van der Waals surface area contributed by atoms with E-state index < -0.39 is 10.0 Å². The van der Waals surface area contributed by atoms with Gasteiger partial charge in [-0.1, -0.05) is 30.3 Å². The zero-order valence-electron chi connectivity index (χ0n) is 19.7. The molecule has 0 radical (unpaired) electrons. The molecule has 2 N–H and O–H groups in total. The number of nitrogens with one attached hydrogen (secondary N) is 2. The number of aromatic nitrogens is 1. The van der Waals surface area contributed by atoms with E-state index in [4.69, 9.17) is 4.74 Å². The largest absolute Gasteiger partial charge is 0.497 e. The number of fused-ring (bicyclic) bond motifs is 1. The summed E-state index contributed by atoms with van der Waals surface area (Å²) in [6.45, 7) is 4.32. The number of nitrogens with zero attached hydrogens (tertiary/aromatic N) is 2. The first-order chi connectivity index (χ1) is 16.4. The number of sulfonamides is 1. The molecule has 9 heteroatoms. The standard InChI is InChI=1S/C25H32N4O4S/c1-3-34(31,32)29-14-12-28(13-15-29)18-25(30)27-16-22(19-8-10-20(33-2)11-9-19)23-17-26-24-7-5-4-6-21(23)24/h4-11,17,22,26H,3,12-16,18H2,1-2H3,(H,27,30). The van der Waals surface area contributed by atoms with E-state index in [1.165, 1.54) is 4.31 Å². The first kappa shape index (κ1) is 24.3. The number of methoxy groups -OCH3 is 1. The lowest BCUT2D eigenvalue weighted by molar-refractivity contribution is -0.122. The number of amides is 1. The summed E-state index contributed by atoms with van der Waals surface area (Å²) in [6.07, 6.45) is 2.01. The predicted octanol–water partition coefficient (Wildman–Crippen LogP) is 2.39. The summed E-state index contributed by atoms with van der Waals surface area (Å²) < 4.78 is 30.9. The fraction of sp³-hybridized carbons (Fsp3) is 0.400. The van der Waals surface area contributed by atoms with Crippen LogP contribution in [0.4, 0.5) is 0 Å². The van der Waals surface area contributed by atoms with Crippen LogP contribution in [0.15, 0.2) is 54.7 Å². The molecule has 0 bridgehead atoms. The summed E-state index contributed by atoms with van der Waals surface area (Å²) in [5, 5.41) is 4.24. The maximum Gasteiger partial charge on any atom is 0.234 e. The first-order valence-electron chi connectivity index (χ1n) is 11.6. The molecule has 1 aliphatic heterocycles. The molecule has 0 saturated carbocycles. The summed E-state index contributed by atoms with van der Waals surface area (Å²) in [6, 6.07) is 16.1. The molecule has 34 heavy (non-hydrogen) atoms. The Hall–Kier alpha value is -2.88. The third-order valence-corrected chi connectivity index (χ3v) is 8.36. The number of carbonyl (C=O) groups excluding carboxylic acids is 1. The van der Waals surface area contributed by atoms with Crippen molar-refractivity contribution in [3.05, 3.63) is 65.9 Å². The van der Waals surface area contributed by atoms with Crippen LogP contribution in [-0.4, -0.2) is 80.6 Å². The molecule has 1 aliphatic rings. The van der Waals surface area contributed by atoms with E-state index in [0.29, 0.717) is 32.7 Å². The number of hydrogen-bond donors (Lipinski definition) is 2. The molecule has 1 unspecified atom stereocenters. The van der Waals surface area contributed by atoms with Crippen molar-refractivity contribution >= 4 is 26.8 Å². The Balaban J connectivity index is 1.43. The van der Waals surface area contributed by atoms with Gasteiger partial charge >= 0.3 is 0 Å². The average Bonchev–Trinajstić information content (AvgIpc) is 3.29. The van der Waals surface area contributed by atoms with Gasteiger partial charge in [0.25, 0.3) is 0 Å². The van der Waals surface area contributed by atoms with Crippen LogP contribution in [0.25, 0.3) is 10.9 Å². The lowest BCUT2D eigenvalue weighted by atomic mass is 9.90. The highest BCUT2D eigenvalue weighted by atomic mass is 32.2. The van der Waals surface area contributed by atoms with Gasteiger partial charge in [-0.05, 0) is 36.2 Å². The van der Waals surface area contributed by atoms with Gasteiger partial charge in [-0.3, -0.25) is 9.69 Å². The van der Waals surface area contributed by atoms with E-state index in [0.717, 1.165) is 27.8 Å². The minimum atomic E-state index is -3.18. The van der Waals surface area contributed by atoms with E-state index >= 15 is 0 Å². The van der Waals surface area contributed by atoms with E-state index in [2.05, 4.69) is 16.4 Å². The summed E-state index contributed by atoms with van der Waals surface area (Å²) in [7, 11) is -1.54. The van der Waals surface area contributed by atoms with Crippen LogP contribution in [0.2, 0.25) is 0 Å². The average molecular weight is 485 g/mol. The van der Waals surface area contributed by atoms with Gasteiger partial charge in [-0.2, -0.15) is 4.31 Å². The number of piperazine rings is 1. The highest BCUT2D eigenvalue weighted by Crippen LogP contribution is 2.31. The van der Waals surface area contributed by atoms with Crippen molar-refractivity contribution in [1.82, 2.24) is 19.5 Å². The Bertz CT molecular complexity index is 1220. The molecule has 3 aromatic rings. The lowest BCUT2D eigenvalue weighted by Crippen LogP contribution is -2.51. The quantitative estimate of drug-likeness (QED) is 0.486. The number of benzene rings is 2. The molecule has 1 amide bonds. The summed E-state index contributed by atoms with van der Waals surface area (Å²) in [5.74, 6) is 0.797. The summed E-state index contributed by atoms with van der Waals surface area (Å²) >= 11 is 0. The second kappa shape index (κ2) is 10.6. The van der Waals surface area contributed by atoms with Gasteiger partial charge in [0.2, 0.25) is 15.9 Å². The van der Waals surface area contributed by atoms with Crippen molar-refractivity contribution < 1.29 is 17.9 Å². The number of carbonyl (C=O) groups is 1. The van der Waals surface area contributed by atoms with Crippen LogP contribution in [0.3, 0.4) is 0 Å². The van der Waals surface area contributed by atoms with Gasteiger partial charge in [0.1, 0.15) is 5.75 Å². The van der Waals surface area contributed by atoms with Gasteiger partial charge < -0.3 is 15.0 Å². The zero-order valence-corrected chi connectivity index (χ0v) is 20.5. The molecule has 1 atom stereocenters. The lowest BCUT2D eigenvalue weighted by Gasteiger charge is -2.33. The molecule has 0 spiro atoms. The number of hydrogen-bond acceptors (Lipinski definition) is 5. The minimum absolute atomic E-state index is 0.0300. The van der Waals surface area contributed by atoms with Crippen molar-refractivity contribution in [1.29, 1.82) is 0 Å². The number of aromatic amines is 1. The molecule has 1 aromatic heterocycles. The summed E-state index contributed by atoms with van der Waals surface area (Å²) in [4.78, 5) is 18.1. The fourth-order valence-electron chi connectivity index (χ4n) is 4.45. The Morgan fingerprint density at radius 2 is 1.79 bits per heavy atom. The third-order valence-electron chi connectivity index (χ3n) is 6.47. The van der Waals surface area contributed by atoms with E-state index in [1.807, 2.05) is 53.6 Å². The fourth-order valence-corrected chi connectivity index (χ4v) is 5.53. The highest BCUT2D eigenvalue weighted by Gasteiger charge is 2.26. The van der Waals surface area contributed by atoms with E-state index in [-0.39, 0.29) is 24.1 Å². The van der Waals surface area contributed by atoms with E-state index in [9.17, 15) is 13.2 Å². The summed E-state index contributed by atoms with van der Waals surface area (Å²) in [5.41, 5.74) is 3.27. The third kappa shape index (κ3) is 5.43. The van der Waals surface area contributed by atoms with E-state index in [1.54, 1.807) is 14.0 Å². The molecule has 182 valence electrons. The van der Waals surface area contributed by atoms with Crippen molar-refractivity contribution in [2.75, 3.05) is 52.1 Å². The van der Waals surface area contributed by atoms with Gasteiger partial charge in [-0.15, -0.1) is 0 Å². The second-order valence-electron chi connectivity index (χ2n) is 8.50. The Kier molecular flexibility index (Phi) is 7.55. The first-order valence-corrected chi connectivity index (χ1v) is 13.2. The Labute approximate surface area is 200 Å². The van der Waals surface area contributed by atoms with Crippen LogP contribution >= 0.6 is 0 Å². The molecule has 4 rings (SSSR count). The van der Waals surface area contributed by atoms with Crippen LogP contribution < -0.4 is 10.1 Å². The molecule has 2 heterocycles. The predicted molar refractivity (Wildman–Crippen MR) is 134 cm³/mol. The monoisotopic (exact) mass is 484 g/mol. The number of H-pyrrole nitrogens is 1. The van der Waals surface area contributed by atoms with Crippen molar-refractivity contribution in [2.24, 2.45) is 0 Å². The topological polar surface area (TPSA) is 94.7 Å². The normalized spacial score (nSPS) is 16.4. The highest BCUT2D eigenvalue weighted by molar-refractivity contribution is 7.89. The van der Waals surface area contributed by atoms with Gasteiger partial charge in [0, 0.05) is 55.7 Å². The SMILES string of the molecule is CCS(=O)(=O)N1CCN(CC(=O)NCC(c2ccc(OC)cc2)c2c[nH]c3ccccc23)CC1. The van der Waals surface area contributed by atoms with Crippen molar-refractivity contribution in [2.45, 2.75) is 12.8 Å². The maximum atomic E-state index is 12.8. The number of ether oxygens (including phenoxy) is 1. The van der Waals surface area contributed by atoms with Crippen molar-refractivity contribution in [3.8, 4) is 5.75 Å². The molecule has 8 nitrogen and oxygen atoms in total. The van der Waals surface area contributed by atoms with Crippen molar-refractivity contribution in [3.63, 3.8) is 0 Å². The van der Waals surface area contributed by atoms with Crippen LogP contribution in [0, 0.1) is 0 Å². The second-order valence-corrected chi connectivity index (χ2v) is 10.8. The van der Waals surface area contributed by atoms with Crippen LogP contribution in [0.5, 0.6) is 5.75 Å². The van der Waals surface area contributed by atoms with Gasteiger partial charge in [-0.25, -0.2) is 8.42 Å². The van der Waals surface area contributed by atoms with Gasteiger partial charge in [0.15, 0.2) is 0 Å². The smallest absolute Gasteiger partial charge is 0.234 e. The number of para-hydroxylation sites is 1.